The summed E-state index contributed by atoms with van der Waals surface area (Å²) in [5.41, 5.74) is 1.04. The smallest absolute Gasteiger partial charge is 0.257 e. The van der Waals surface area contributed by atoms with Crippen LogP contribution >= 0.6 is 15.9 Å². The van der Waals surface area contributed by atoms with E-state index in [1.54, 1.807) is 0 Å². The predicted molar refractivity (Wildman–Crippen MR) is 89.5 cm³/mol. The lowest BCUT2D eigenvalue weighted by molar-refractivity contribution is -0.123. The van der Waals surface area contributed by atoms with E-state index in [9.17, 15) is 4.79 Å². The maximum absolute atomic E-state index is 11.7. The molecule has 0 aliphatic carbocycles. The van der Waals surface area contributed by atoms with Gasteiger partial charge in [0.25, 0.3) is 5.91 Å². The second kappa shape index (κ2) is 9.79. The van der Waals surface area contributed by atoms with Crippen molar-refractivity contribution in [3.05, 3.63) is 28.2 Å². The lowest BCUT2D eigenvalue weighted by Gasteiger charge is -2.14. The first-order valence-electron chi connectivity index (χ1n) is 7.44. The molecule has 2 N–H and O–H groups in total. The van der Waals surface area contributed by atoms with Crippen LogP contribution < -0.4 is 15.4 Å². The molecule has 0 atom stereocenters. The van der Waals surface area contributed by atoms with Crippen LogP contribution in [0.25, 0.3) is 0 Å². The molecule has 1 aromatic rings. The van der Waals surface area contributed by atoms with Crippen molar-refractivity contribution in [1.29, 1.82) is 0 Å². The number of nitrogens with one attached hydrogen (secondary N) is 2. The molecule has 0 spiro atoms. The Bertz CT molecular complexity index is 450. The van der Waals surface area contributed by atoms with E-state index < -0.39 is 0 Å². The first kappa shape index (κ1) is 18.0. The minimum atomic E-state index is -0.0749. The molecule has 0 fully saturated rings. The number of rotatable bonds is 9. The topological polar surface area (TPSA) is 50.4 Å². The van der Waals surface area contributed by atoms with Gasteiger partial charge in [0.2, 0.25) is 0 Å². The van der Waals surface area contributed by atoms with Gasteiger partial charge in [0.1, 0.15) is 5.75 Å². The Labute approximate surface area is 135 Å². The summed E-state index contributed by atoms with van der Waals surface area (Å²) >= 11 is 3.46. The highest BCUT2D eigenvalue weighted by atomic mass is 79.9. The number of benzene rings is 1. The summed E-state index contributed by atoms with van der Waals surface area (Å²) < 4.78 is 6.65. The number of carbonyl (C=O) groups excluding carboxylic acids is 1. The Hall–Kier alpha value is -1.07. The summed E-state index contributed by atoms with van der Waals surface area (Å²) in [5, 5.41) is 6.20. The number of amides is 1. The van der Waals surface area contributed by atoms with Crippen LogP contribution in [0.1, 0.15) is 39.2 Å². The summed E-state index contributed by atoms with van der Waals surface area (Å²) in [6, 6.07) is 6.22. The van der Waals surface area contributed by atoms with Gasteiger partial charge >= 0.3 is 0 Å². The average Bonchev–Trinajstić information content (AvgIpc) is 2.44. The summed E-state index contributed by atoms with van der Waals surface area (Å²) in [4.78, 5) is 11.7. The quantitative estimate of drug-likeness (QED) is 0.667. The maximum atomic E-state index is 11.7. The van der Waals surface area contributed by atoms with Crippen LogP contribution in [-0.2, 0) is 11.3 Å². The van der Waals surface area contributed by atoms with Crippen LogP contribution in [0.2, 0.25) is 0 Å². The zero-order valence-electron chi connectivity index (χ0n) is 13.0. The second-order valence-corrected chi connectivity index (χ2v) is 6.20. The number of ether oxygens (including phenoxy) is 1. The van der Waals surface area contributed by atoms with Gasteiger partial charge in [0.05, 0.1) is 0 Å². The molecule has 1 aromatic carbocycles. The number of unbranched alkanes of at least 4 members (excludes halogenated alkanes) is 1. The van der Waals surface area contributed by atoms with Gasteiger partial charge in [-0.15, -0.1) is 0 Å². The van der Waals surface area contributed by atoms with Crippen LogP contribution in [0, 0.1) is 0 Å². The Morgan fingerprint density at radius 3 is 2.81 bits per heavy atom. The highest BCUT2D eigenvalue weighted by Crippen LogP contribution is 2.23. The van der Waals surface area contributed by atoms with E-state index in [0.29, 0.717) is 19.1 Å². The molecule has 0 aliphatic rings. The third kappa shape index (κ3) is 7.48. The maximum Gasteiger partial charge on any atom is 0.257 e. The van der Waals surface area contributed by atoms with E-state index in [0.717, 1.165) is 28.6 Å². The van der Waals surface area contributed by atoms with Crippen molar-refractivity contribution in [2.75, 3.05) is 13.2 Å². The molecule has 0 aromatic heterocycles. The first-order valence-corrected chi connectivity index (χ1v) is 8.23. The summed E-state index contributed by atoms with van der Waals surface area (Å²) in [7, 11) is 0. The SMILES string of the molecule is CCCCNC(=O)COc1ccc(Br)cc1CNC(C)C. The van der Waals surface area contributed by atoms with Crippen LogP contribution in [0.15, 0.2) is 22.7 Å². The van der Waals surface area contributed by atoms with Crippen molar-refractivity contribution in [3.8, 4) is 5.75 Å². The standard InChI is InChI=1S/C16H25BrN2O2/c1-4-5-8-18-16(20)11-21-15-7-6-14(17)9-13(15)10-19-12(2)3/h6-7,9,12,19H,4-5,8,10-11H2,1-3H3,(H,18,20). The molecule has 0 radical (unpaired) electrons. The van der Waals surface area contributed by atoms with E-state index in [4.69, 9.17) is 4.74 Å². The predicted octanol–water partition coefficient (Wildman–Crippen LogP) is 3.24. The summed E-state index contributed by atoms with van der Waals surface area (Å²) in [6.45, 7) is 7.77. The molecule has 5 heteroatoms. The minimum absolute atomic E-state index is 0.0556. The average molecular weight is 357 g/mol. The van der Waals surface area contributed by atoms with E-state index in [-0.39, 0.29) is 12.5 Å². The fourth-order valence-electron chi connectivity index (χ4n) is 1.74. The number of hydrogen-bond acceptors (Lipinski definition) is 3. The highest BCUT2D eigenvalue weighted by Gasteiger charge is 2.08. The van der Waals surface area contributed by atoms with Gasteiger partial charge in [-0.1, -0.05) is 43.1 Å². The Morgan fingerprint density at radius 2 is 2.14 bits per heavy atom. The largest absolute Gasteiger partial charge is 0.483 e. The van der Waals surface area contributed by atoms with Gasteiger partial charge in [-0.2, -0.15) is 0 Å². The third-order valence-electron chi connectivity index (χ3n) is 2.93. The Balaban J connectivity index is 2.55. The molecule has 1 amide bonds. The van der Waals surface area contributed by atoms with Crippen LogP contribution in [0.3, 0.4) is 0 Å². The molecule has 0 heterocycles. The molecule has 118 valence electrons. The van der Waals surface area contributed by atoms with Gasteiger partial charge < -0.3 is 15.4 Å². The normalized spacial score (nSPS) is 10.7. The summed E-state index contributed by atoms with van der Waals surface area (Å²) in [5.74, 6) is 0.672. The van der Waals surface area contributed by atoms with Crippen LogP contribution in [-0.4, -0.2) is 25.1 Å². The van der Waals surface area contributed by atoms with Crippen molar-refractivity contribution in [1.82, 2.24) is 10.6 Å². The molecule has 0 saturated carbocycles. The van der Waals surface area contributed by atoms with E-state index >= 15 is 0 Å². The highest BCUT2D eigenvalue weighted by molar-refractivity contribution is 9.10. The fourth-order valence-corrected chi connectivity index (χ4v) is 2.15. The number of carbonyl (C=O) groups is 1. The van der Waals surface area contributed by atoms with Crippen molar-refractivity contribution in [2.45, 2.75) is 46.2 Å². The van der Waals surface area contributed by atoms with Gasteiger partial charge in [-0.25, -0.2) is 0 Å². The molecule has 4 nitrogen and oxygen atoms in total. The molecule has 0 unspecified atom stereocenters. The van der Waals surface area contributed by atoms with E-state index in [2.05, 4.69) is 47.3 Å². The third-order valence-corrected chi connectivity index (χ3v) is 3.43. The van der Waals surface area contributed by atoms with E-state index in [1.807, 2.05) is 18.2 Å². The zero-order valence-corrected chi connectivity index (χ0v) is 14.6. The van der Waals surface area contributed by atoms with Gasteiger partial charge in [0.15, 0.2) is 6.61 Å². The van der Waals surface area contributed by atoms with Gasteiger partial charge in [-0.3, -0.25) is 4.79 Å². The number of hydrogen-bond donors (Lipinski definition) is 2. The van der Waals surface area contributed by atoms with Crippen molar-refractivity contribution in [3.63, 3.8) is 0 Å². The molecule has 1 rings (SSSR count). The molecule has 21 heavy (non-hydrogen) atoms. The fraction of sp³-hybridized carbons (Fsp3) is 0.562. The van der Waals surface area contributed by atoms with Gasteiger partial charge in [0, 0.05) is 29.2 Å². The zero-order chi connectivity index (χ0) is 15.7. The van der Waals surface area contributed by atoms with Crippen molar-refractivity contribution in [2.24, 2.45) is 0 Å². The molecule has 0 saturated heterocycles. The van der Waals surface area contributed by atoms with Crippen LogP contribution in [0.4, 0.5) is 0 Å². The Morgan fingerprint density at radius 1 is 1.38 bits per heavy atom. The molecule has 0 aliphatic heterocycles. The van der Waals surface area contributed by atoms with E-state index in [1.165, 1.54) is 0 Å². The second-order valence-electron chi connectivity index (χ2n) is 5.28. The lowest BCUT2D eigenvalue weighted by atomic mass is 10.2. The molecular formula is C16H25BrN2O2. The van der Waals surface area contributed by atoms with Crippen molar-refractivity contribution < 1.29 is 9.53 Å². The van der Waals surface area contributed by atoms with Gasteiger partial charge in [-0.05, 0) is 24.6 Å². The number of halogens is 1. The molecule has 0 bridgehead atoms. The Kier molecular flexibility index (Phi) is 8.38. The first-order chi connectivity index (χ1) is 10.0. The summed E-state index contributed by atoms with van der Waals surface area (Å²) in [6.07, 6.45) is 2.06. The van der Waals surface area contributed by atoms with Crippen molar-refractivity contribution >= 4 is 21.8 Å². The van der Waals surface area contributed by atoms with Crippen LogP contribution in [0.5, 0.6) is 5.75 Å². The minimum Gasteiger partial charge on any atom is -0.483 e. The monoisotopic (exact) mass is 356 g/mol. The lowest BCUT2D eigenvalue weighted by Crippen LogP contribution is -2.30. The molecular weight excluding hydrogens is 332 g/mol.